The molecule has 0 aliphatic heterocycles. The zero-order valence-corrected chi connectivity index (χ0v) is 18.0. The van der Waals surface area contributed by atoms with Crippen molar-refractivity contribution in [3.05, 3.63) is 99.3 Å². The second kappa shape index (κ2) is 8.97. The molecule has 0 radical (unpaired) electrons. The molecule has 156 valence electrons. The predicted octanol–water partition coefficient (Wildman–Crippen LogP) is 4.59. The number of benzene rings is 2. The van der Waals surface area contributed by atoms with Crippen molar-refractivity contribution in [2.24, 2.45) is 0 Å². The molecule has 0 aliphatic rings. The maximum absolute atomic E-state index is 12.8. The molecule has 0 atom stereocenters. The Hall–Kier alpha value is -3.71. The Bertz CT molecular complexity index is 1280. The lowest BCUT2D eigenvalue weighted by atomic mass is 10.1. The van der Waals surface area contributed by atoms with Crippen LogP contribution >= 0.6 is 11.3 Å². The van der Waals surface area contributed by atoms with E-state index in [1.165, 1.54) is 22.0 Å². The van der Waals surface area contributed by atoms with Crippen LogP contribution < -0.4 is 15.6 Å². The van der Waals surface area contributed by atoms with E-state index in [-0.39, 0.29) is 11.1 Å². The number of pyridine rings is 1. The first kappa shape index (κ1) is 20.6. The summed E-state index contributed by atoms with van der Waals surface area (Å²) >= 11 is 1.30. The van der Waals surface area contributed by atoms with Crippen LogP contribution in [0.1, 0.15) is 21.5 Å². The first-order chi connectivity index (χ1) is 15.0. The maximum atomic E-state index is 12.8. The van der Waals surface area contributed by atoms with Crippen molar-refractivity contribution in [3.63, 3.8) is 0 Å². The van der Waals surface area contributed by atoms with E-state index in [1.807, 2.05) is 60.8 Å². The third kappa shape index (κ3) is 4.57. The maximum Gasteiger partial charge on any atom is 0.263 e. The first-order valence-electron chi connectivity index (χ1n) is 9.70. The number of anilines is 1. The summed E-state index contributed by atoms with van der Waals surface area (Å²) in [5.41, 5.74) is 3.35. The van der Waals surface area contributed by atoms with Crippen LogP contribution in [0.3, 0.4) is 0 Å². The summed E-state index contributed by atoms with van der Waals surface area (Å²) in [5.74, 6) is 0.227. The Morgan fingerprint density at radius 3 is 2.71 bits per heavy atom. The molecular weight excluding hydrogens is 410 g/mol. The molecule has 7 heteroatoms. The summed E-state index contributed by atoms with van der Waals surface area (Å²) < 4.78 is 6.95. The number of thiazole rings is 1. The summed E-state index contributed by atoms with van der Waals surface area (Å²) in [5, 5.41) is 5.02. The Labute approximate surface area is 183 Å². The molecule has 0 saturated carbocycles. The van der Waals surface area contributed by atoms with Gasteiger partial charge in [-0.1, -0.05) is 42.0 Å². The number of amides is 1. The van der Waals surface area contributed by atoms with E-state index in [2.05, 4.69) is 10.3 Å². The Morgan fingerprint density at radius 2 is 1.94 bits per heavy atom. The van der Waals surface area contributed by atoms with Crippen molar-refractivity contribution >= 4 is 22.4 Å². The number of ether oxygens (including phenoxy) is 1. The van der Waals surface area contributed by atoms with Gasteiger partial charge >= 0.3 is 0 Å². The van der Waals surface area contributed by atoms with Crippen molar-refractivity contribution in [1.82, 2.24) is 9.55 Å². The fourth-order valence-corrected chi connectivity index (χ4v) is 3.96. The van der Waals surface area contributed by atoms with Crippen LogP contribution in [-0.4, -0.2) is 22.6 Å². The SMILES string of the molecule is COc1ccc(C)cc1-c1csc(NC(=O)c2cccn(Cc3ccccc3)c2=O)n1. The number of aryl methyl sites for hydroxylation is 1. The van der Waals surface area contributed by atoms with Gasteiger partial charge in [0.25, 0.3) is 11.5 Å². The average molecular weight is 432 g/mol. The molecular formula is C24H21N3O3S. The monoisotopic (exact) mass is 431 g/mol. The third-order valence-electron chi connectivity index (χ3n) is 4.82. The highest BCUT2D eigenvalue weighted by Gasteiger charge is 2.16. The molecule has 0 saturated heterocycles. The van der Waals surface area contributed by atoms with Crippen molar-refractivity contribution in [2.75, 3.05) is 12.4 Å². The van der Waals surface area contributed by atoms with Gasteiger partial charge in [-0.25, -0.2) is 4.98 Å². The van der Waals surface area contributed by atoms with Gasteiger partial charge in [0.1, 0.15) is 11.3 Å². The molecule has 0 unspecified atom stereocenters. The van der Waals surface area contributed by atoms with E-state index in [1.54, 1.807) is 19.4 Å². The van der Waals surface area contributed by atoms with Gasteiger partial charge in [-0.2, -0.15) is 0 Å². The summed E-state index contributed by atoms with van der Waals surface area (Å²) in [7, 11) is 1.61. The molecule has 1 amide bonds. The van der Waals surface area contributed by atoms with Crippen LogP contribution in [0.5, 0.6) is 5.75 Å². The molecule has 2 aromatic carbocycles. The smallest absolute Gasteiger partial charge is 0.263 e. The molecule has 0 bridgehead atoms. The van der Waals surface area contributed by atoms with Crippen molar-refractivity contribution in [3.8, 4) is 17.0 Å². The summed E-state index contributed by atoms with van der Waals surface area (Å²) in [6.45, 7) is 2.39. The minimum Gasteiger partial charge on any atom is -0.496 e. The van der Waals surface area contributed by atoms with Crippen molar-refractivity contribution < 1.29 is 9.53 Å². The average Bonchev–Trinajstić information content (AvgIpc) is 3.24. The molecule has 0 fully saturated rings. The van der Waals surface area contributed by atoms with Gasteiger partial charge in [-0.3, -0.25) is 14.9 Å². The zero-order chi connectivity index (χ0) is 21.8. The number of carbonyl (C=O) groups excluding carboxylic acids is 1. The second-order valence-electron chi connectivity index (χ2n) is 7.04. The molecule has 2 aromatic heterocycles. The van der Waals surface area contributed by atoms with E-state index < -0.39 is 5.91 Å². The highest BCUT2D eigenvalue weighted by Crippen LogP contribution is 2.33. The molecule has 31 heavy (non-hydrogen) atoms. The lowest BCUT2D eigenvalue weighted by Crippen LogP contribution is -2.29. The molecule has 4 aromatic rings. The van der Waals surface area contributed by atoms with Crippen molar-refractivity contribution in [2.45, 2.75) is 13.5 Å². The number of hydrogen-bond donors (Lipinski definition) is 1. The van der Waals surface area contributed by atoms with Gasteiger partial charge in [-0.05, 0) is 36.8 Å². The highest BCUT2D eigenvalue weighted by molar-refractivity contribution is 7.14. The van der Waals surface area contributed by atoms with Crippen molar-refractivity contribution in [1.29, 1.82) is 0 Å². The van der Waals surface area contributed by atoms with E-state index in [0.717, 1.165) is 16.7 Å². The van der Waals surface area contributed by atoms with Crippen LogP contribution in [-0.2, 0) is 6.54 Å². The quantitative estimate of drug-likeness (QED) is 0.485. The second-order valence-corrected chi connectivity index (χ2v) is 7.89. The molecule has 4 rings (SSSR count). The Morgan fingerprint density at radius 1 is 1.13 bits per heavy atom. The van der Waals surface area contributed by atoms with Gasteiger partial charge in [0.05, 0.1) is 19.3 Å². The third-order valence-corrected chi connectivity index (χ3v) is 5.57. The normalized spacial score (nSPS) is 10.6. The van der Waals surface area contributed by atoms with E-state index in [0.29, 0.717) is 23.1 Å². The summed E-state index contributed by atoms with van der Waals surface area (Å²) in [6, 6.07) is 18.7. The summed E-state index contributed by atoms with van der Waals surface area (Å²) in [6.07, 6.45) is 1.68. The van der Waals surface area contributed by atoms with Crippen LogP contribution in [0.25, 0.3) is 11.3 Å². The Kier molecular flexibility index (Phi) is 5.95. The van der Waals surface area contributed by atoms with E-state index in [9.17, 15) is 9.59 Å². The minimum atomic E-state index is -0.482. The van der Waals surface area contributed by atoms with Gasteiger partial charge in [0, 0.05) is 17.1 Å². The van der Waals surface area contributed by atoms with Crippen LogP contribution in [0.4, 0.5) is 5.13 Å². The molecule has 0 aliphatic carbocycles. The predicted molar refractivity (Wildman–Crippen MR) is 123 cm³/mol. The topological polar surface area (TPSA) is 73.2 Å². The van der Waals surface area contributed by atoms with Gasteiger partial charge < -0.3 is 9.30 Å². The molecule has 0 spiro atoms. The van der Waals surface area contributed by atoms with E-state index in [4.69, 9.17) is 4.74 Å². The summed E-state index contributed by atoms with van der Waals surface area (Å²) in [4.78, 5) is 30.1. The highest BCUT2D eigenvalue weighted by atomic mass is 32.1. The minimum absolute atomic E-state index is 0.0725. The number of nitrogens with zero attached hydrogens (tertiary/aromatic N) is 2. The lowest BCUT2D eigenvalue weighted by Gasteiger charge is -2.08. The number of nitrogens with one attached hydrogen (secondary N) is 1. The number of methoxy groups -OCH3 is 1. The van der Waals surface area contributed by atoms with Gasteiger partial charge in [0.15, 0.2) is 5.13 Å². The first-order valence-corrected chi connectivity index (χ1v) is 10.6. The van der Waals surface area contributed by atoms with Crippen LogP contribution in [0.2, 0.25) is 0 Å². The molecule has 2 heterocycles. The number of hydrogen-bond acceptors (Lipinski definition) is 5. The molecule has 1 N–H and O–H groups in total. The van der Waals surface area contributed by atoms with Gasteiger partial charge in [-0.15, -0.1) is 11.3 Å². The standard InChI is InChI=1S/C24H21N3O3S/c1-16-10-11-21(30-2)19(13-16)20-15-31-24(25-20)26-22(28)18-9-6-12-27(23(18)29)14-17-7-4-3-5-8-17/h3-13,15H,14H2,1-2H3,(H,25,26,28). The number of carbonyl (C=O) groups is 1. The number of aromatic nitrogens is 2. The molecule has 6 nitrogen and oxygen atoms in total. The number of rotatable bonds is 6. The van der Waals surface area contributed by atoms with Crippen LogP contribution in [0.15, 0.2) is 77.0 Å². The zero-order valence-electron chi connectivity index (χ0n) is 17.2. The Balaban J connectivity index is 1.55. The van der Waals surface area contributed by atoms with Gasteiger partial charge in [0.2, 0.25) is 0 Å². The van der Waals surface area contributed by atoms with E-state index >= 15 is 0 Å². The largest absolute Gasteiger partial charge is 0.496 e. The fraction of sp³-hybridized carbons (Fsp3) is 0.125. The van der Waals surface area contributed by atoms with Crippen LogP contribution in [0, 0.1) is 6.92 Å². The lowest BCUT2D eigenvalue weighted by molar-refractivity contribution is 0.102. The fourth-order valence-electron chi connectivity index (χ4n) is 3.26.